The lowest BCUT2D eigenvalue weighted by molar-refractivity contribution is 0.0913. The zero-order valence-electron chi connectivity index (χ0n) is 11.2. The van der Waals surface area contributed by atoms with E-state index in [1.54, 1.807) is 6.07 Å². The summed E-state index contributed by atoms with van der Waals surface area (Å²) >= 11 is 0. The Morgan fingerprint density at radius 2 is 2.10 bits per heavy atom. The van der Waals surface area contributed by atoms with Crippen LogP contribution in [0, 0.1) is 5.92 Å². The number of hydrogen-bond acceptors (Lipinski definition) is 4. The van der Waals surface area contributed by atoms with Gasteiger partial charge in [0, 0.05) is 19.6 Å². The number of hydrogen-bond donors (Lipinski definition) is 1. The molecule has 0 aromatic carbocycles. The van der Waals surface area contributed by atoms with Crippen LogP contribution in [0.1, 0.15) is 23.4 Å². The van der Waals surface area contributed by atoms with Crippen molar-refractivity contribution in [2.75, 3.05) is 19.6 Å². The summed E-state index contributed by atoms with van der Waals surface area (Å²) in [5, 5.41) is 2.68. The van der Waals surface area contributed by atoms with Gasteiger partial charge in [0.15, 0.2) is 5.76 Å². The minimum absolute atomic E-state index is 0.0496. The third-order valence-corrected chi connectivity index (χ3v) is 4.99. The molecule has 1 aliphatic heterocycles. The molecule has 118 valence electrons. The number of halogens is 2. The van der Waals surface area contributed by atoms with E-state index in [2.05, 4.69) is 5.32 Å². The first-order valence-corrected chi connectivity index (χ1v) is 8.00. The predicted molar refractivity (Wildman–Crippen MR) is 70.3 cm³/mol. The highest BCUT2D eigenvalue weighted by molar-refractivity contribution is 7.89. The van der Waals surface area contributed by atoms with Gasteiger partial charge in [0.2, 0.25) is 0 Å². The maximum absolute atomic E-state index is 12.4. The van der Waals surface area contributed by atoms with Crippen LogP contribution in [-0.4, -0.2) is 44.0 Å². The van der Waals surface area contributed by atoms with Crippen LogP contribution in [-0.2, 0) is 10.0 Å². The second-order valence-electron chi connectivity index (χ2n) is 4.84. The van der Waals surface area contributed by atoms with Crippen LogP contribution in [0.4, 0.5) is 8.78 Å². The molecule has 9 heteroatoms. The van der Waals surface area contributed by atoms with Gasteiger partial charge in [-0.15, -0.1) is 0 Å². The lowest BCUT2D eigenvalue weighted by Gasteiger charge is -2.30. The Bertz CT molecular complexity index is 566. The summed E-state index contributed by atoms with van der Waals surface area (Å²) in [5.41, 5.74) is 0. The summed E-state index contributed by atoms with van der Waals surface area (Å²) in [5.74, 6) is -3.46. The Labute approximate surface area is 121 Å². The van der Waals surface area contributed by atoms with Gasteiger partial charge >= 0.3 is 5.76 Å². The first-order chi connectivity index (χ1) is 9.91. The third kappa shape index (κ3) is 3.79. The Kier molecular flexibility index (Phi) is 4.94. The molecule has 2 rings (SSSR count). The lowest BCUT2D eigenvalue weighted by Crippen LogP contribution is -2.43. The molecule has 1 aromatic rings. The molecule has 0 radical (unpaired) electrons. The molecule has 2 heterocycles. The zero-order chi connectivity index (χ0) is 15.5. The molecule has 0 spiro atoms. The number of rotatable bonds is 5. The first-order valence-electron chi connectivity index (χ1n) is 6.50. The fourth-order valence-corrected chi connectivity index (χ4v) is 3.16. The molecule has 1 aromatic heterocycles. The van der Waals surface area contributed by atoms with E-state index in [9.17, 15) is 22.0 Å². The Morgan fingerprint density at radius 1 is 1.43 bits per heavy atom. The van der Waals surface area contributed by atoms with Crippen LogP contribution in [0.2, 0.25) is 0 Å². The summed E-state index contributed by atoms with van der Waals surface area (Å²) in [4.78, 5) is 11.7. The Morgan fingerprint density at radius 3 is 2.62 bits per heavy atom. The standard InChI is InChI=1S/C12H16F2N2O4S/c13-12(14)21(18,19)16-5-3-9(4-6-16)8-15-11(17)10-2-1-7-20-10/h1-2,7,9,12H,3-6,8H2,(H,15,17). The highest BCUT2D eigenvalue weighted by Crippen LogP contribution is 2.22. The quantitative estimate of drug-likeness (QED) is 0.885. The number of carbonyl (C=O) groups is 1. The van der Waals surface area contributed by atoms with Gasteiger partial charge in [0.05, 0.1) is 6.26 Å². The molecule has 1 fully saturated rings. The molecule has 0 atom stereocenters. The molecule has 1 amide bonds. The summed E-state index contributed by atoms with van der Waals surface area (Å²) in [6.45, 7) is 0.462. The van der Waals surface area contributed by atoms with Gasteiger partial charge in [0.1, 0.15) is 0 Å². The summed E-state index contributed by atoms with van der Waals surface area (Å²) < 4.78 is 53.2. The van der Waals surface area contributed by atoms with Crippen molar-refractivity contribution in [3.63, 3.8) is 0 Å². The molecule has 21 heavy (non-hydrogen) atoms. The van der Waals surface area contributed by atoms with Crippen molar-refractivity contribution in [2.24, 2.45) is 5.92 Å². The maximum Gasteiger partial charge on any atom is 0.350 e. The number of nitrogens with zero attached hydrogens (tertiary/aromatic N) is 1. The number of piperidine rings is 1. The molecule has 0 saturated carbocycles. The average Bonchev–Trinajstić information content (AvgIpc) is 2.99. The van der Waals surface area contributed by atoms with Crippen molar-refractivity contribution in [3.8, 4) is 0 Å². The number of carbonyl (C=O) groups excluding carboxylic acids is 1. The third-order valence-electron chi connectivity index (χ3n) is 3.45. The highest BCUT2D eigenvalue weighted by atomic mass is 32.2. The van der Waals surface area contributed by atoms with Gasteiger partial charge in [-0.3, -0.25) is 4.79 Å². The SMILES string of the molecule is O=C(NCC1CCN(S(=O)(=O)C(F)F)CC1)c1ccco1. The van der Waals surface area contributed by atoms with Gasteiger partial charge in [0.25, 0.3) is 15.9 Å². The van der Waals surface area contributed by atoms with E-state index < -0.39 is 15.8 Å². The predicted octanol–water partition coefficient (Wildman–Crippen LogP) is 1.27. The number of furan rings is 1. The second kappa shape index (κ2) is 6.52. The van der Waals surface area contributed by atoms with Gasteiger partial charge in [-0.2, -0.15) is 13.1 Å². The summed E-state index contributed by atoms with van der Waals surface area (Å²) in [7, 11) is -4.49. The maximum atomic E-state index is 12.4. The second-order valence-corrected chi connectivity index (χ2v) is 6.74. The van der Waals surface area contributed by atoms with E-state index in [1.165, 1.54) is 12.3 Å². The van der Waals surface area contributed by atoms with E-state index in [0.717, 1.165) is 4.31 Å². The topological polar surface area (TPSA) is 79.6 Å². The van der Waals surface area contributed by atoms with Crippen LogP contribution < -0.4 is 5.32 Å². The van der Waals surface area contributed by atoms with Gasteiger partial charge in [-0.1, -0.05) is 0 Å². The molecule has 0 bridgehead atoms. The zero-order valence-corrected chi connectivity index (χ0v) is 12.0. The van der Waals surface area contributed by atoms with Gasteiger partial charge in [-0.25, -0.2) is 8.42 Å². The molecular formula is C12H16F2N2O4S. The number of nitrogens with one attached hydrogen (secondary N) is 1. The summed E-state index contributed by atoms with van der Waals surface area (Å²) in [6.07, 6.45) is 2.26. The summed E-state index contributed by atoms with van der Waals surface area (Å²) in [6, 6.07) is 3.13. The van der Waals surface area contributed by atoms with E-state index >= 15 is 0 Å². The van der Waals surface area contributed by atoms with Crippen molar-refractivity contribution in [1.82, 2.24) is 9.62 Å². The van der Waals surface area contributed by atoms with Crippen molar-refractivity contribution in [2.45, 2.75) is 18.6 Å². The van der Waals surface area contributed by atoms with E-state index in [0.29, 0.717) is 19.4 Å². The number of amides is 1. The minimum atomic E-state index is -4.49. The first kappa shape index (κ1) is 15.9. The van der Waals surface area contributed by atoms with Crippen molar-refractivity contribution in [1.29, 1.82) is 0 Å². The van der Waals surface area contributed by atoms with Crippen molar-refractivity contribution >= 4 is 15.9 Å². The van der Waals surface area contributed by atoms with E-state index in [4.69, 9.17) is 4.42 Å². The minimum Gasteiger partial charge on any atom is -0.459 e. The number of alkyl halides is 2. The lowest BCUT2D eigenvalue weighted by atomic mass is 9.98. The molecule has 0 unspecified atom stereocenters. The van der Waals surface area contributed by atoms with Crippen molar-refractivity contribution < 1.29 is 26.4 Å². The van der Waals surface area contributed by atoms with Crippen LogP contribution in [0.25, 0.3) is 0 Å². The molecule has 0 aliphatic carbocycles. The van der Waals surface area contributed by atoms with Crippen LogP contribution >= 0.6 is 0 Å². The van der Waals surface area contributed by atoms with E-state index in [-0.39, 0.29) is 30.7 Å². The highest BCUT2D eigenvalue weighted by Gasteiger charge is 2.34. The fraction of sp³-hybridized carbons (Fsp3) is 0.583. The largest absolute Gasteiger partial charge is 0.459 e. The molecule has 6 nitrogen and oxygen atoms in total. The van der Waals surface area contributed by atoms with Crippen LogP contribution in [0.5, 0.6) is 0 Å². The average molecular weight is 322 g/mol. The molecular weight excluding hydrogens is 306 g/mol. The number of sulfonamides is 1. The molecule has 1 saturated heterocycles. The van der Waals surface area contributed by atoms with Crippen LogP contribution in [0.15, 0.2) is 22.8 Å². The molecule has 1 aliphatic rings. The van der Waals surface area contributed by atoms with Crippen LogP contribution in [0.3, 0.4) is 0 Å². The van der Waals surface area contributed by atoms with E-state index in [1.807, 2.05) is 0 Å². The van der Waals surface area contributed by atoms with Gasteiger partial charge < -0.3 is 9.73 Å². The smallest absolute Gasteiger partial charge is 0.350 e. The van der Waals surface area contributed by atoms with Crippen molar-refractivity contribution in [3.05, 3.63) is 24.2 Å². The normalized spacial score (nSPS) is 18.0. The Hall–Kier alpha value is -1.48. The fourth-order valence-electron chi connectivity index (χ4n) is 2.21. The van der Waals surface area contributed by atoms with Gasteiger partial charge in [-0.05, 0) is 30.9 Å². The Balaban J connectivity index is 1.78. The monoisotopic (exact) mass is 322 g/mol. The molecule has 1 N–H and O–H groups in total.